The van der Waals surface area contributed by atoms with E-state index in [0.29, 0.717) is 40.7 Å². The molecule has 2 saturated heterocycles. The predicted octanol–water partition coefficient (Wildman–Crippen LogP) is 8.57. The zero-order chi connectivity index (χ0) is 44.1. The molecular formula is C50H45N5O6S3. The summed E-state index contributed by atoms with van der Waals surface area (Å²) in [6.45, 7) is 1.31. The quantitative estimate of drug-likeness (QED) is 0.0374. The molecule has 9 rings (SSSR count). The Hall–Kier alpha value is -6.19. The number of hydrogen-bond donors (Lipinski definition) is 3. The fourth-order valence-electron chi connectivity index (χ4n) is 8.98. The average Bonchev–Trinajstić information content (AvgIpc) is 4.05. The van der Waals surface area contributed by atoms with Crippen molar-refractivity contribution >= 4 is 63.5 Å². The van der Waals surface area contributed by atoms with Crippen LogP contribution in [-0.4, -0.2) is 81.2 Å². The summed E-state index contributed by atoms with van der Waals surface area (Å²) in [5.41, 5.74) is 1.95. The number of carboxylic acids is 1. The number of aliphatic carboxylic acids is 1. The largest absolute Gasteiger partial charge is 0.477 e. The minimum atomic E-state index is -1.66. The summed E-state index contributed by atoms with van der Waals surface area (Å²) in [4.78, 5) is 55.9. The van der Waals surface area contributed by atoms with Gasteiger partial charge in [-0.25, -0.2) is 9.78 Å². The first-order valence-electron chi connectivity index (χ1n) is 20.9. The van der Waals surface area contributed by atoms with E-state index in [9.17, 15) is 9.90 Å². The van der Waals surface area contributed by atoms with Crippen LogP contribution >= 0.6 is 34.9 Å². The van der Waals surface area contributed by atoms with E-state index in [2.05, 4.69) is 52.2 Å². The van der Waals surface area contributed by atoms with E-state index >= 15 is 9.59 Å². The number of carbonyl (C=O) groups excluding carboxylic acids is 2. The lowest BCUT2D eigenvalue weighted by Crippen LogP contribution is -2.82. The molecule has 0 aliphatic carbocycles. The number of aromatic nitrogens is 1. The lowest BCUT2D eigenvalue weighted by atomic mass is 9.68. The molecule has 0 bridgehead atoms. The number of hydrogen-bond acceptors (Lipinski definition) is 11. The smallest absolute Gasteiger partial charge is 0.353 e. The Morgan fingerprint density at radius 3 is 1.94 bits per heavy atom. The minimum absolute atomic E-state index is 0.0536. The van der Waals surface area contributed by atoms with Gasteiger partial charge in [-0.2, -0.15) is 0 Å². The molecular weight excluding hydrogens is 863 g/mol. The molecule has 2 fully saturated rings. The molecule has 1 aromatic heterocycles. The van der Waals surface area contributed by atoms with E-state index in [1.807, 2.05) is 115 Å². The van der Waals surface area contributed by atoms with Crippen LogP contribution in [0.5, 0.6) is 0 Å². The summed E-state index contributed by atoms with van der Waals surface area (Å²) in [5.74, 6) is -1.83. The summed E-state index contributed by atoms with van der Waals surface area (Å²) in [6.07, 6.45) is 0.905. The molecule has 3 N–H and O–H groups in total. The molecule has 4 heterocycles. The van der Waals surface area contributed by atoms with Gasteiger partial charge in [0.1, 0.15) is 29.4 Å². The number of nitrogens with one attached hydrogen (secondary N) is 2. The maximum absolute atomic E-state index is 15.3. The zero-order valence-corrected chi connectivity index (χ0v) is 37.3. The van der Waals surface area contributed by atoms with Crippen molar-refractivity contribution in [2.75, 3.05) is 37.1 Å². The van der Waals surface area contributed by atoms with Crippen LogP contribution in [0.3, 0.4) is 0 Å². The van der Waals surface area contributed by atoms with Gasteiger partial charge in [-0.15, -0.1) is 34.9 Å². The number of fused-ring (bicyclic) bond motifs is 1. The highest BCUT2D eigenvalue weighted by molar-refractivity contribution is 8.06. The van der Waals surface area contributed by atoms with Gasteiger partial charge in [0, 0.05) is 34.3 Å². The SMILES string of the molecule is CO/N=C(\C(=O)NC1(C(c2ccccc2)c2ccccc2)C(=O)N2C(C(=O)O)=C(SCC3CCOC3)CS[C@H]21)c1csc(NC(c2ccccc2)(c2ccccc2)c2ccccc2)n1. The van der Waals surface area contributed by atoms with Gasteiger partial charge in [0.2, 0.25) is 0 Å². The molecule has 324 valence electrons. The molecule has 6 aromatic rings. The maximum Gasteiger partial charge on any atom is 0.353 e. The second kappa shape index (κ2) is 18.9. The Morgan fingerprint density at radius 2 is 1.44 bits per heavy atom. The fraction of sp³-hybridized carbons (Fsp3) is 0.220. The lowest BCUT2D eigenvalue weighted by Gasteiger charge is -2.60. The van der Waals surface area contributed by atoms with E-state index in [4.69, 9.17) is 14.6 Å². The molecule has 0 saturated carbocycles. The first-order chi connectivity index (χ1) is 31.3. The normalized spacial score (nSPS) is 19.8. The summed E-state index contributed by atoms with van der Waals surface area (Å²) >= 11 is 4.22. The molecule has 14 heteroatoms. The topological polar surface area (TPSA) is 142 Å². The summed E-state index contributed by atoms with van der Waals surface area (Å²) in [5, 5.41) is 23.4. The van der Waals surface area contributed by atoms with Crippen LogP contribution in [0.15, 0.2) is 173 Å². The average molecular weight is 908 g/mol. The molecule has 0 radical (unpaired) electrons. The Labute approximate surface area is 384 Å². The highest BCUT2D eigenvalue weighted by Gasteiger charge is 2.69. The van der Waals surface area contributed by atoms with Gasteiger partial charge >= 0.3 is 5.97 Å². The maximum atomic E-state index is 15.3. The molecule has 3 aliphatic rings. The van der Waals surface area contributed by atoms with E-state index in [0.717, 1.165) is 34.2 Å². The van der Waals surface area contributed by atoms with Crippen molar-refractivity contribution < 1.29 is 29.1 Å². The number of thiazole rings is 1. The van der Waals surface area contributed by atoms with E-state index in [1.165, 1.54) is 46.9 Å². The monoisotopic (exact) mass is 907 g/mol. The summed E-state index contributed by atoms with van der Waals surface area (Å²) < 4.78 is 5.58. The van der Waals surface area contributed by atoms with Gasteiger partial charge in [0.25, 0.3) is 11.8 Å². The predicted molar refractivity (Wildman–Crippen MR) is 253 cm³/mol. The number of rotatable bonds is 16. The Morgan fingerprint density at radius 1 is 0.891 bits per heavy atom. The third-order valence-electron chi connectivity index (χ3n) is 11.9. The van der Waals surface area contributed by atoms with Crippen LogP contribution in [0, 0.1) is 5.92 Å². The molecule has 2 unspecified atom stereocenters. The molecule has 11 nitrogen and oxygen atoms in total. The van der Waals surface area contributed by atoms with Crippen molar-refractivity contribution in [2.24, 2.45) is 11.1 Å². The van der Waals surface area contributed by atoms with Gasteiger partial charge in [0.05, 0.1) is 6.61 Å². The highest BCUT2D eigenvalue weighted by Crippen LogP contribution is 2.55. The first-order valence-corrected chi connectivity index (χ1v) is 23.8. The molecule has 2 amide bonds. The third-order valence-corrected chi connectivity index (χ3v) is 15.5. The Kier molecular flexibility index (Phi) is 12.7. The van der Waals surface area contributed by atoms with Crippen LogP contribution in [0.25, 0.3) is 0 Å². The molecule has 5 aromatic carbocycles. The number of carbonyl (C=O) groups is 3. The zero-order valence-electron chi connectivity index (χ0n) is 34.8. The number of benzene rings is 5. The second-order valence-electron chi connectivity index (χ2n) is 15.7. The minimum Gasteiger partial charge on any atom is -0.477 e. The van der Waals surface area contributed by atoms with Gasteiger partial charge in [-0.1, -0.05) is 157 Å². The van der Waals surface area contributed by atoms with Crippen molar-refractivity contribution in [2.45, 2.75) is 28.8 Å². The van der Waals surface area contributed by atoms with E-state index in [-0.39, 0.29) is 17.1 Å². The van der Waals surface area contributed by atoms with Gasteiger partial charge < -0.3 is 25.3 Å². The summed E-state index contributed by atoms with van der Waals surface area (Å²) in [7, 11) is 1.35. The highest BCUT2D eigenvalue weighted by atomic mass is 32.2. The van der Waals surface area contributed by atoms with Crippen molar-refractivity contribution in [3.63, 3.8) is 0 Å². The number of carboxylic acid groups (broad SMARTS) is 1. The first kappa shape index (κ1) is 43.1. The van der Waals surface area contributed by atoms with Crippen molar-refractivity contribution in [3.8, 4) is 0 Å². The van der Waals surface area contributed by atoms with Crippen LogP contribution in [-0.2, 0) is 29.5 Å². The fourth-order valence-corrected chi connectivity index (χ4v) is 12.6. The van der Waals surface area contributed by atoms with Crippen molar-refractivity contribution in [1.29, 1.82) is 0 Å². The van der Waals surface area contributed by atoms with Gasteiger partial charge in [0.15, 0.2) is 16.4 Å². The van der Waals surface area contributed by atoms with Crippen LogP contribution < -0.4 is 10.6 Å². The molecule has 3 atom stereocenters. The third kappa shape index (κ3) is 8.00. The van der Waals surface area contributed by atoms with E-state index in [1.54, 1.807) is 5.38 Å². The Bertz CT molecular complexity index is 2530. The number of ether oxygens (including phenoxy) is 1. The van der Waals surface area contributed by atoms with Crippen molar-refractivity contribution in [1.82, 2.24) is 15.2 Å². The number of thioether (sulfide) groups is 2. The van der Waals surface area contributed by atoms with Gasteiger partial charge in [-0.3, -0.25) is 14.5 Å². The number of amides is 2. The molecule has 64 heavy (non-hydrogen) atoms. The van der Waals surface area contributed by atoms with Crippen LogP contribution in [0.4, 0.5) is 5.13 Å². The number of β-lactam (4-membered cyclic amide) rings is 1. The lowest BCUT2D eigenvalue weighted by molar-refractivity contribution is -0.159. The molecule has 0 spiro atoms. The van der Waals surface area contributed by atoms with Crippen molar-refractivity contribution in [3.05, 3.63) is 201 Å². The van der Waals surface area contributed by atoms with E-state index < -0.39 is 40.2 Å². The standard InChI is InChI=1S/C50H45N5O6S3/c1-60-54-42(39-31-64-48(51-39)53-49(36-21-11-4-12-22-36,37-23-13-5-14-24-37)38-25-15-6-16-26-38)44(56)52-50(41(34-17-7-2-8-18-34)35-19-9-3-10-20-35)46(59)55-43(45(57)58)40(32-63-47(50)55)62-30-33-27-28-61-29-33/h2-26,31,33,41,47H,27-30,32H2,1H3,(H,51,53)(H,52,56)(H,57,58)/b54-42-/t33?,47-,50?/m0/s1. The molecule has 3 aliphatic heterocycles. The number of anilines is 1. The number of nitrogens with zero attached hydrogens (tertiary/aromatic N) is 3. The van der Waals surface area contributed by atoms with Crippen LogP contribution in [0.1, 0.15) is 45.8 Å². The summed E-state index contributed by atoms with van der Waals surface area (Å²) in [6, 6.07) is 49.4. The van der Waals surface area contributed by atoms with Crippen LogP contribution in [0.2, 0.25) is 0 Å². The van der Waals surface area contributed by atoms with Gasteiger partial charge in [-0.05, 0) is 40.2 Å². The second-order valence-corrected chi connectivity index (χ2v) is 18.7. The Balaban J connectivity index is 1.11. The number of oxime groups is 1.